The summed E-state index contributed by atoms with van der Waals surface area (Å²) in [6, 6.07) is 0. The van der Waals surface area contributed by atoms with E-state index >= 15 is 0 Å². The zero-order valence-electron chi connectivity index (χ0n) is 8.38. The van der Waals surface area contributed by atoms with Gasteiger partial charge in [-0.05, 0) is 44.1 Å². The van der Waals surface area contributed by atoms with E-state index in [1.54, 1.807) is 0 Å². The molecule has 2 heterocycles. The maximum atomic E-state index is 5.79. The molecule has 2 rings (SSSR count). The van der Waals surface area contributed by atoms with Gasteiger partial charge in [-0.15, -0.1) is 0 Å². The van der Waals surface area contributed by atoms with Crippen LogP contribution in [0, 0.1) is 5.92 Å². The van der Waals surface area contributed by atoms with E-state index in [0.29, 0.717) is 18.1 Å². The van der Waals surface area contributed by atoms with E-state index in [1.807, 2.05) is 0 Å². The summed E-state index contributed by atoms with van der Waals surface area (Å²) in [6.45, 7) is 10.1. The van der Waals surface area contributed by atoms with E-state index < -0.39 is 0 Å². The molecule has 0 aliphatic carbocycles. The zero-order chi connectivity index (χ0) is 9.42. The lowest BCUT2D eigenvalue weighted by Gasteiger charge is -2.29. The highest BCUT2D eigenvalue weighted by atomic mass is 16.5. The SMILES string of the molecule is C=C(C)C(=C)C1CC2CCC(C1)O2. The normalized spacial score (nSPS) is 37.5. The molecule has 2 aliphatic heterocycles. The lowest BCUT2D eigenvalue weighted by Crippen LogP contribution is -2.25. The molecule has 2 aliphatic rings. The lowest BCUT2D eigenvalue weighted by molar-refractivity contribution is -0.0113. The summed E-state index contributed by atoms with van der Waals surface area (Å²) in [4.78, 5) is 0. The Morgan fingerprint density at radius 2 is 1.69 bits per heavy atom. The van der Waals surface area contributed by atoms with E-state index in [1.165, 1.54) is 31.3 Å². The molecule has 0 spiro atoms. The first-order valence-corrected chi connectivity index (χ1v) is 5.17. The largest absolute Gasteiger partial charge is 0.375 e. The Morgan fingerprint density at radius 3 is 2.15 bits per heavy atom. The van der Waals surface area contributed by atoms with E-state index in [4.69, 9.17) is 4.74 Å². The third-order valence-electron chi connectivity index (χ3n) is 3.33. The molecule has 0 amide bonds. The lowest BCUT2D eigenvalue weighted by atomic mass is 9.86. The van der Waals surface area contributed by atoms with Crippen LogP contribution in [0.5, 0.6) is 0 Å². The second-order valence-electron chi connectivity index (χ2n) is 4.43. The number of fused-ring (bicyclic) bond motifs is 2. The smallest absolute Gasteiger partial charge is 0.0585 e. The Labute approximate surface area is 80.5 Å². The highest BCUT2D eigenvalue weighted by Crippen LogP contribution is 2.39. The zero-order valence-corrected chi connectivity index (χ0v) is 8.38. The number of allylic oxidation sites excluding steroid dienone is 2. The number of ether oxygens (including phenoxy) is 1. The Bertz CT molecular complexity index is 230. The van der Waals surface area contributed by atoms with Crippen LogP contribution in [0.4, 0.5) is 0 Å². The Balaban J connectivity index is 2.02. The van der Waals surface area contributed by atoms with Gasteiger partial charge in [-0.3, -0.25) is 0 Å². The Kier molecular flexibility index (Phi) is 2.29. The minimum atomic E-state index is 0.514. The van der Waals surface area contributed by atoms with Crippen LogP contribution >= 0.6 is 0 Å². The van der Waals surface area contributed by atoms with Crippen LogP contribution in [0.3, 0.4) is 0 Å². The van der Waals surface area contributed by atoms with Crippen molar-refractivity contribution in [3.63, 3.8) is 0 Å². The van der Waals surface area contributed by atoms with Crippen LogP contribution in [-0.2, 0) is 4.74 Å². The molecular formula is C12H18O. The van der Waals surface area contributed by atoms with Gasteiger partial charge in [0, 0.05) is 0 Å². The van der Waals surface area contributed by atoms with Gasteiger partial charge in [-0.25, -0.2) is 0 Å². The van der Waals surface area contributed by atoms with Crippen molar-refractivity contribution in [3.05, 3.63) is 24.3 Å². The van der Waals surface area contributed by atoms with Crippen molar-refractivity contribution in [3.8, 4) is 0 Å². The maximum absolute atomic E-state index is 5.79. The van der Waals surface area contributed by atoms with Gasteiger partial charge in [0.25, 0.3) is 0 Å². The molecule has 0 aromatic heterocycles. The molecule has 0 radical (unpaired) electrons. The van der Waals surface area contributed by atoms with E-state index in [0.717, 1.165) is 5.57 Å². The van der Waals surface area contributed by atoms with Crippen molar-refractivity contribution in [1.29, 1.82) is 0 Å². The average Bonchev–Trinajstić information content (AvgIpc) is 2.44. The van der Waals surface area contributed by atoms with Crippen LogP contribution in [0.15, 0.2) is 24.3 Å². The summed E-state index contributed by atoms with van der Waals surface area (Å²) in [7, 11) is 0. The topological polar surface area (TPSA) is 9.23 Å². The first kappa shape index (κ1) is 9.01. The highest BCUT2D eigenvalue weighted by Gasteiger charge is 2.35. The summed E-state index contributed by atoms with van der Waals surface area (Å²) < 4.78 is 5.79. The summed E-state index contributed by atoms with van der Waals surface area (Å²) in [5.74, 6) is 0.642. The fourth-order valence-corrected chi connectivity index (χ4v) is 2.49. The third-order valence-corrected chi connectivity index (χ3v) is 3.33. The van der Waals surface area contributed by atoms with Crippen LogP contribution < -0.4 is 0 Å². The molecule has 2 atom stereocenters. The number of hydrogen-bond acceptors (Lipinski definition) is 1. The van der Waals surface area contributed by atoms with Crippen LogP contribution in [0.1, 0.15) is 32.6 Å². The molecule has 2 bridgehead atoms. The van der Waals surface area contributed by atoms with Gasteiger partial charge < -0.3 is 4.74 Å². The van der Waals surface area contributed by atoms with Crippen molar-refractivity contribution < 1.29 is 4.74 Å². The van der Waals surface area contributed by atoms with Crippen LogP contribution in [0.2, 0.25) is 0 Å². The minimum absolute atomic E-state index is 0.514. The van der Waals surface area contributed by atoms with Crippen molar-refractivity contribution in [2.75, 3.05) is 0 Å². The number of hydrogen-bond donors (Lipinski definition) is 0. The summed E-state index contributed by atoms with van der Waals surface area (Å²) >= 11 is 0. The van der Waals surface area contributed by atoms with E-state index in [9.17, 15) is 0 Å². The highest BCUT2D eigenvalue weighted by molar-refractivity contribution is 5.26. The molecule has 1 nitrogen and oxygen atoms in total. The van der Waals surface area contributed by atoms with Crippen molar-refractivity contribution >= 4 is 0 Å². The first-order valence-electron chi connectivity index (χ1n) is 5.17. The fourth-order valence-electron chi connectivity index (χ4n) is 2.49. The second-order valence-corrected chi connectivity index (χ2v) is 4.43. The standard InChI is InChI=1S/C12H18O/c1-8(2)9(3)10-6-11-4-5-12(7-10)13-11/h10-12H,1,3-7H2,2H3. The molecule has 0 N–H and O–H groups in total. The molecule has 1 heteroatoms. The Morgan fingerprint density at radius 1 is 1.15 bits per heavy atom. The van der Waals surface area contributed by atoms with Gasteiger partial charge >= 0.3 is 0 Å². The van der Waals surface area contributed by atoms with Gasteiger partial charge in [0.2, 0.25) is 0 Å². The first-order chi connectivity index (χ1) is 6.16. The predicted molar refractivity (Wildman–Crippen MR) is 54.6 cm³/mol. The minimum Gasteiger partial charge on any atom is -0.375 e. The quantitative estimate of drug-likeness (QED) is 0.590. The molecule has 2 saturated heterocycles. The van der Waals surface area contributed by atoms with Crippen LogP contribution in [-0.4, -0.2) is 12.2 Å². The van der Waals surface area contributed by atoms with Gasteiger partial charge in [0.1, 0.15) is 0 Å². The molecule has 2 unspecified atom stereocenters. The monoisotopic (exact) mass is 178 g/mol. The van der Waals surface area contributed by atoms with Crippen molar-refractivity contribution in [1.82, 2.24) is 0 Å². The average molecular weight is 178 g/mol. The number of rotatable bonds is 2. The van der Waals surface area contributed by atoms with E-state index in [-0.39, 0.29) is 0 Å². The van der Waals surface area contributed by atoms with Crippen molar-refractivity contribution in [2.45, 2.75) is 44.8 Å². The molecule has 0 aromatic carbocycles. The van der Waals surface area contributed by atoms with Gasteiger partial charge in [0.15, 0.2) is 0 Å². The second kappa shape index (κ2) is 3.30. The molecule has 0 aromatic rings. The van der Waals surface area contributed by atoms with Crippen molar-refractivity contribution in [2.24, 2.45) is 5.92 Å². The third kappa shape index (κ3) is 1.71. The molecular weight excluding hydrogens is 160 g/mol. The van der Waals surface area contributed by atoms with Gasteiger partial charge in [-0.1, -0.05) is 18.7 Å². The predicted octanol–water partition coefficient (Wildman–Crippen LogP) is 3.08. The molecule has 2 fully saturated rings. The molecule has 0 saturated carbocycles. The van der Waals surface area contributed by atoms with Crippen LogP contribution in [0.25, 0.3) is 0 Å². The molecule has 13 heavy (non-hydrogen) atoms. The summed E-state index contributed by atoms with van der Waals surface area (Å²) in [5.41, 5.74) is 2.39. The van der Waals surface area contributed by atoms with Gasteiger partial charge in [0.05, 0.1) is 12.2 Å². The maximum Gasteiger partial charge on any atom is 0.0585 e. The van der Waals surface area contributed by atoms with E-state index in [2.05, 4.69) is 20.1 Å². The Hall–Kier alpha value is -0.560. The fraction of sp³-hybridized carbons (Fsp3) is 0.667. The summed E-state index contributed by atoms with van der Waals surface area (Å²) in [6.07, 6.45) is 5.87. The van der Waals surface area contributed by atoms with Gasteiger partial charge in [-0.2, -0.15) is 0 Å². The molecule has 72 valence electrons. The summed E-state index contributed by atoms with van der Waals surface area (Å²) in [5, 5.41) is 0.